The molecule has 0 amide bonds. The maximum Gasteiger partial charge on any atom is 0.0582 e. The standard InChI is InChI=1S/C44H31N3/c1-44(2)37-15-9-14-33-36-27-45-23-22-41(36)47(43(33)37)42-21-18-32(26-38(42)44)46-39-19-16-30(28-10-5-3-6-11-28)24-34(39)35-25-31(17-20-40(35)46)29-12-7-4-8-13-29/h3-27H,1-2H3. The van der Waals surface area contributed by atoms with Gasteiger partial charge in [0.1, 0.15) is 0 Å². The topological polar surface area (TPSA) is 22.8 Å². The molecule has 0 radical (unpaired) electrons. The van der Waals surface area contributed by atoms with E-state index in [-0.39, 0.29) is 5.41 Å². The van der Waals surface area contributed by atoms with Crippen molar-refractivity contribution in [2.24, 2.45) is 0 Å². The van der Waals surface area contributed by atoms with Crippen molar-refractivity contribution in [3.63, 3.8) is 0 Å². The first-order valence-electron chi connectivity index (χ1n) is 16.3. The number of nitrogens with zero attached hydrogens (tertiary/aromatic N) is 3. The number of pyridine rings is 1. The van der Waals surface area contributed by atoms with Crippen LogP contribution in [0.2, 0.25) is 0 Å². The predicted octanol–water partition coefficient (Wildman–Crippen LogP) is 11.2. The summed E-state index contributed by atoms with van der Waals surface area (Å²) < 4.78 is 4.91. The van der Waals surface area contributed by atoms with E-state index in [0.29, 0.717) is 0 Å². The molecule has 47 heavy (non-hydrogen) atoms. The van der Waals surface area contributed by atoms with Crippen LogP contribution >= 0.6 is 0 Å². The maximum absolute atomic E-state index is 4.49. The summed E-state index contributed by atoms with van der Waals surface area (Å²) in [7, 11) is 0. The molecule has 10 rings (SSSR count). The Kier molecular flexibility index (Phi) is 5.34. The van der Waals surface area contributed by atoms with E-state index in [4.69, 9.17) is 0 Å². The smallest absolute Gasteiger partial charge is 0.0582 e. The van der Waals surface area contributed by atoms with Gasteiger partial charge in [0.25, 0.3) is 0 Å². The molecule has 0 bridgehead atoms. The number of fused-ring (bicyclic) bond motifs is 8. The van der Waals surface area contributed by atoms with Gasteiger partial charge in [-0.05, 0) is 81.9 Å². The fourth-order valence-electron chi connectivity index (χ4n) is 8.09. The Balaban J connectivity index is 1.25. The van der Waals surface area contributed by atoms with Crippen LogP contribution in [0.5, 0.6) is 0 Å². The summed E-state index contributed by atoms with van der Waals surface area (Å²) in [6.07, 6.45) is 3.92. The molecule has 1 aliphatic heterocycles. The lowest BCUT2D eigenvalue weighted by Crippen LogP contribution is -2.26. The molecule has 3 heteroatoms. The molecule has 3 aromatic heterocycles. The van der Waals surface area contributed by atoms with Crippen molar-refractivity contribution in [2.75, 3.05) is 0 Å². The lowest BCUT2D eigenvalue weighted by Gasteiger charge is -2.35. The molecule has 0 aliphatic carbocycles. The Morgan fingerprint density at radius 1 is 0.468 bits per heavy atom. The Labute approximate surface area is 273 Å². The fourth-order valence-corrected chi connectivity index (χ4v) is 8.09. The molecule has 222 valence electrons. The van der Waals surface area contributed by atoms with Gasteiger partial charge in [-0.3, -0.25) is 4.98 Å². The Morgan fingerprint density at radius 3 is 1.77 bits per heavy atom. The number of benzene rings is 6. The van der Waals surface area contributed by atoms with Crippen molar-refractivity contribution in [3.8, 4) is 33.6 Å². The largest absolute Gasteiger partial charge is 0.309 e. The van der Waals surface area contributed by atoms with E-state index in [1.54, 1.807) is 0 Å². The number of hydrogen-bond donors (Lipinski definition) is 0. The van der Waals surface area contributed by atoms with Gasteiger partial charge in [0, 0.05) is 45.0 Å². The molecule has 0 spiro atoms. The van der Waals surface area contributed by atoms with E-state index in [9.17, 15) is 0 Å². The first-order valence-corrected chi connectivity index (χ1v) is 16.3. The lowest BCUT2D eigenvalue weighted by molar-refractivity contribution is 0.629. The van der Waals surface area contributed by atoms with Crippen molar-refractivity contribution in [1.29, 1.82) is 0 Å². The van der Waals surface area contributed by atoms with E-state index < -0.39 is 0 Å². The second-order valence-corrected chi connectivity index (χ2v) is 13.3. The zero-order chi connectivity index (χ0) is 31.3. The summed E-state index contributed by atoms with van der Waals surface area (Å²) in [5.74, 6) is 0. The normalized spacial score (nSPS) is 13.5. The van der Waals surface area contributed by atoms with Gasteiger partial charge in [-0.25, -0.2) is 0 Å². The van der Waals surface area contributed by atoms with Crippen molar-refractivity contribution in [2.45, 2.75) is 19.3 Å². The van der Waals surface area contributed by atoms with Crippen LogP contribution in [0.1, 0.15) is 25.0 Å². The van der Waals surface area contributed by atoms with Gasteiger partial charge in [-0.2, -0.15) is 0 Å². The van der Waals surface area contributed by atoms with Crippen molar-refractivity contribution in [3.05, 3.63) is 163 Å². The molecule has 9 aromatic rings. The van der Waals surface area contributed by atoms with Gasteiger partial charge in [0.15, 0.2) is 0 Å². The molecule has 3 nitrogen and oxygen atoms in total. The lowest BCUT2D eigenvalue weighted by atomic mass is 9.74. The van der Waals surface area contributed by atoms with Crippen LogP contribution in [-0.2, 0) is 5.41 Å². The molecule has 0 unspecified atom stereocenters. The van der Waals surface area contributed by atoms with Gasteiger partial charge >= 0.3 is 0 Å². The monoisotopic (exact) mass is 601 g/mol. The van der Waals surface area contributed by atoms with Crippen molar-refractivity contribution < 1.29 is 0 Å². The molecule has 0 saturated heterocycles. The third-order valence-electron chi connectivity index (χ3n) is 10.4. The zero-order valence-electron chi connectivity index (χ0n) is 26.3. The van der Waals surface area contributed by atoms with Gasteiger partial charge in [0.2, 0.25) is 0 Å². The Morgan fingerprint density at radius 2 is 1.11 bits per heavy atom. The van der Waals surface area contributed by atoms with Gasteiger partial charge < -0.3 is 9.13 Å². The quantitative estimate of drug-likeness (QED) is 0.198. The highest BCUT2D eigenvalue weighted by Crippen LogP contribution is 2.48. The molecule has 4 heterocycles. The van der Waals surface area contributed by atoms with Crippen molar-refractivity contribution >= 4 is 43.6 Å². The van der Waals surface area contributed by atoms with Crippen LogP contribution in [-0.4, -0.2) is 14.1 Å². The minimum atomic E-state index is -0.192. The third-order valence-corrected chi connectivity index (χ3v) is 10.4. The minimum absolute atomic E-state index is 0.192. The molecule has 0 saturated carbocycles. The Bertz CT molecular complexity index is 2600. The van der Waals surface area contributed by atoms with Crippen LogP contribution in [0.3, 0.4) is 0 Å². The highest BCUT2D eigenvalue weighted by molar-refractivity contribution is 6.13. The highest BCUT2D eigenvalue weighted by atomic mass is 15.0. The molecular weight excluding hydrogens is 571 g/mol. The van der Waals surface area contributed by atoms with Gasteiger partial charge in [0.05, 0.1) is 27.8 Å². The molecule has 1 aliphatic rings. The fraction of sp³-hybridized carbons (Fsp3) is 0.0682. The summed E-state index contributed by atoms with van der Waals surface area (Å²) in [5.41, 5.74) is 14.7. The van der Waals surface area contributed by atoms with Crippen LogP contribution < -0.4 is 0 Å². The third kappa shape index (κ3) is 3.65. The second kappa shape index (κ2) is 9.54. The predicted molar refractivity (Wildman–Crippen MR) is 196 cm³/mol. The van der Waals surface area contributed by atoms with Crippen LogP contribution in [0, 0.1) is 0 Å². The number of aromatic nitrogens is 3. The van der Waals surface area contributed by atoms with Crippen molar-refractivity contribution in [1.82, 2.24) is 14.1 Å². The summed E-state index contributed by atoms with van der Waals surface area (Å²) >= 11 is 0. The SMILES string of the molecule is CC1(C)c2cc(-n3c4ccc(-c5ccccc5)cc4c4cc(-c5ccccc5)ccc43)ccc2-n2c3ccncc3c3cccc1c32. The number of rotatable bonds is 3. The van der Waals surface area contributed by atoms with Gasteiger partial charge in [-0.15, -0.1) is 0 Å². The van der Waals surface area contributed by atoms with E-state index in [0.717, 1.165) is 0 Å². The second-order valence-electron chi connectivity index (χ2n) is 13.3. The molecule has 0 atom stereocenters. The highest BCUT2D eigenvalue weighted by Gasteiger charge is 2.35. The molecule has 0 N–H and O–H groups in total. The first-order chi connectivity index (χ1) is 23.1. The van der Waals surface area contributed by atoms with E-state index >= 15 is 0 Å². The molecule has 0 fully saturated rings. The minimum Gasteiger partial charge on any atom is -0.309 e. The van der Waals surface area contributed by atoms with Crippen LogP contribution in [0.4, 0.5) is 0 Å². The summed E-state index contributed by atoms with van der Waals surface area (Å²) in [6, 6.07) is 51.2. The first kappa shape index (κ1) is 26.3. The summed E-state index contributed by atoms with van der Waals surface area (Å²) in [6.45, 7) is 4.74. The summed E-state index contributed by atoms with van der Waals surface area (Å²) in [4.78, 5) is 4.49. The molecule has 6 aromatic carbocycles. The summed E-state index contributed by atoms with van der Waals surface area (Å²) in [5, 5.41) is 4.97. The Hall–Kier alpha value is -5.93. The zero-order valence-corrected chi connectivity index (χ0v) is 26.3. The van der Waals surface area contributed by atoms with Crippen LogP contribution in [0.25, 0.3) is 77.2 Å². The number of para-hydroxylation sites is 1. The van der Waals surface area contributed by atoms with E-state index in [2.05, 4.69) is 167 Å². The van der Waals surface area contributed by atoms with E-state index in [1.165, 1.54) is 88.4 Å². The maximum atomic E-state index is 4.49. The molecular formula is C44H31N3. The average molecular weight is 602 g/mol. The van der Waals surface area contributed by atoms with Gasteiger partial charge in [-0.1, -0.05) is 105 Å². The van der Waals surface area contributed by atoms with E-state index in [1.807, 2.05) is 12.4 Å². The number of hydrogen-bond acceptors (Lipinski definition) is 1. The van der Waals surface area contributed by atoms with Crippen LogP contribution in [0.15, 0.2) is 152 Å². The average Bonchev–Trinajstić information content (AvgIpc) is 3.64.